The van der Waals surface area contributed by atoms with Gasteiger partial charge in [-0.25, -0.2) is 0 Å². The molecular formula is C18H21N3O3. The Kier molecular flexibility index (Phi) is 5.89. The number of pyridine rings is 1. The maximum Gasteiger partial charge on any atom is 0.313 e. The highest BCUT2D eigenvalue weighted by Gasteiger charge is 2.14. The number of rotatable bonds is 5. The Labute approximate surface area is 141 Å². The van der Waals surface area contributed by atoms with E-state index >= 15 is 0 Å². The summed E-state index contributed by atoms with van der Waals surface area (Å²) < 4.78 is 5.39. The molecule has 126 valence electrons. The van der Waals surface area contributed by atoms with Crippen LogP contribution >= 0.6 is 0 Å². The number of anilines is 1. The monoisotopic (exact) mass is 327 g/mol. The Hall–Kier alpha value is -2.89. The summed E-state index contributed by atoms with van der Waals surface area (Å²) in [7, 11) is 0. The van der Waals surface area contributed by atoms with Gasteiger partial charge in [0.05, 0.1) is 18.8 Å². The van der Waals surface area contributed by atoms with Crippen molar-refractivity contribution < 1.29 is 14.3 Å². The maximum absolute atomic E-state index is 12.0. The van der Waals surface area contributed by atoms with Crippen molar-refractivity contribution in [3.8, 4) is 5.75 Å². The lowest BCUT2D eigenvalue weighted by Gasteiger charge is -2.10. The number of carbonyl (C=O) groups is 2. The zero-order valence-electron chi connectivity index (χ0n) is 14.1. The average Bonchev–Trinajstić information content (AvgIpc) is 2.55. The van der Waals surface area contributed by atoms with Crippen molar-refractivity contribution >= 4 is 17.5 Å². The van der Waals surface area contributed by atoms with E-state index in [1.54, 1.807) is 18.2 Å². The molecule has 0 bridgehead atoms. The van der Waals surface area contributed by atoms with Gasteiger partial charge in [-0.15, -0.1) is 0 Å². The number of ether oxygens (including phenoxy) is 1. The molecule has 0 fully saturated rings. The van der Waals surface area contributed by atoms with E-state index in [0.717, 1.165) is 17.0 Å². The number of hydrogen-bond acceptors (Lipinski definition) is 4. The Morgan fingerprint density at radius 2 is 1.92 bits per heavy atom. The summed E-state index contributed by atoms with van der Waals surface area (Å²) in [5.74, 6) is -0.690. The lowest BCUT2D eigenvalue weighted by Crippen LogP contribution is -2.35. The summed E-state index contributed by atoms with van der Waals surface area (Å²) in [5, 5.41) is 5.16. The molecule has 0 aliphatic rings. The lowest BCUT2D eigenvalue weighted by molar-refractivity contribution is -0.136. The predicted octanol–water partition coefficient (Wildman–Crippen LogP) is 2.35. The third kappa shape index (κ3) is 4.81. The van der Waals surface area contributed by atoms with Gasteiger partial charge in [-0.1, -0.05) is 6.07 Å². The predicted molar refractivity (Wildman–Crippen MR) is 91.8 cm³/mol. The maximum atomic E-state index is 12.0. The van der Waals surface area contributed by atoms with E-state index in [4.69, 9.17) is 4.74 Å². The number of nitrogens with one attached hydrogen (secondary N) is 2. The van der Waals surface area contributed by atoms with Gasteiger partial charge in [-0.05, 0) is 56.7 Å². The van der Waals surface area contributed by atoms with Crippen molar-refractivity contribution in [3.63, 3.8) is 0 Å². The SMILES string of the molecule is CCOc1ccc(NC(=O)C(=O)NCc2cccc(C)n2)c(C)c1. The molecule has 1 aromatic heterocycles. The summed E-state index contributed by atoms with van der Waals surface area (Å²) in [5.41, 5.74) is 2.96. The van der Waals surface area contributed by atoms with E-state index in [0.29, 0.717) is 18.0 Å². The topological polar surface area (TPSA) is 80.3 Å². The lowest BCUT2D eigenvalue weighted by atomic mass is 10.2. The molecule has 1 heterocycles. The van der Waals surface area contributed by atoms with Crippen LogP contribution in [0.1, 0.15) is 23.9 Å². The van der Waals surface area contributed by atoms with Gasteiger partial charge in [-0.3, -0.25) is 14.6 Å². The minimum atomic E-state index is -0.713. The molecule has 0 aliphatic heterocycles. The van der Waals surface area contributed by atoms with Crippen LogP contribution in [0, 0.1) is 13.8 Å². The van der Waals surface area contributed by atoms with Crippen molar-refractivity contribution in [3.05, 3.63) is 53.3 Å². The number of aryl methyl sites for hydroxylation is 2. The Balaban J connectivity index is 1.93. The van der Waals surface area contributed by atoms with Gasteiger partial charge in [0.25, 0.3) is 0 Å². The number of aromatic nitrogens is 1. The summed E-state index contributed by atoms with van der Waals surface area (Å²) in [4.78, 5) is 28.2. The highest BCUT2D eigenvalue weighted by molar-refractivity contribution is 6.39. The first-order valence-electron chi connectivity index (χ1n) is 7.74. The van der Waals surface area contributed by atoms with Crippen LogP contribution in [0.25, 0.3) is 0 Å². The van der Waals surface area contributed by atoms with Crippen molar-refractivity contribution in [2.24, 2.45) is 0 Å². The summed E-state index contributed by atoms with van der Waals surface area (Å²) in [6.45, 7) is 6.38. The fourth-order valence-electron chi connectivity index (χ4n) is 2.16. The Bertz CT molecular complexity index is 744. The summed E-state index contributed by atoms with van der Waals surface area (Å²) in [6, 6.07) is 10.8. The molecule has 0 spiro atoms. The molecule has 2 N–H and O–H groups in total. The molecule has 1 aromatic carbocycles. The Morgan fingerprint density at radius 3 is 2.58 bits per heavy atom. The number of amides is 2. The van der Waals surface area contributed by atoms with Crippen LogP contribution in [0.4, 0.5) is 5.69 Å². The second-order valence-corrected chi connectivity index (χ2v) is 5.32. The van der Waals surface area contributed by atoms with Gasteiger partial charge in [0.1, 0.15) is 5.75 Å². The third-order valence-electron chi connectivity index (χ3n) is 3.34. The van der Waals surface area contributed by atoms with Crippen LogP contribution in [0.2, 0.25) is 0 Å². The van der Waals surface area contributed by atoms with E-state index < -0.39 is 11.8 Å². The first-order valence-corrected chi connectivity index (χ1v) is 7.74. The first-order chi connectivity index (χ1) is 11.5. The van der Waals surface area contributed by atoms with E-state index in [1.165, 1.54) is 0 Å². The molecule has 0 atom stereocenters. The van der Waals surface area contributed by atoms with E-state index in [-0.39, 0.29) is 6.54 Å². The average molecular weight is 327 g/mol. The fourth-order valence-corrected chi connectivity index (χ4v) is 2.16. The first kappa shape index (κ1) is 17.5. The highest BCUT2D eigenvalue weighted by Crippen LogP contribution is 2.21. The zero-order chi connectivity index (χ0) is 17.5. The third-order valence-corrected chi connectivity index (χ3v) is 3.34. The smallest absolute Gasteiger partial charge is 0.313 e. The summed E-state index contributed by atoms with van der Waals surface area (Å²) in [6.07, 6.45) is 0. The molecule has 2 rings (SSSR count). The van der Waals surface area contributed by atoms with E-state index in [1.807, 2.05) is 39.0 Å². The fraction of sp³-hybridized carbons (Fsp3) is 0.278. The molecule has 0 unspecified atom stereocenters. The van der Waals surface area contributed by atoms with Gasteiger partial charge in [0, 0.05) is 11.4 Å². The molecule has 6 heteroatoms. The van der Waals surface area contributed by atoms with Crippen molar-refractivity contribution in [1.29, 1.82) is 0 Å². The van der Waals surface area contributed by atoms with Crippen LogP contribution in [0.15, 0.2) is 36.4 Å². The van der Waals surface area contributed by atoms with E-state index in [9.17, 15) is 9.59 Å². The quantitative estimate of drug-likeness (QED) is 0.826. The number of hydrogen-bond donors (Lipinski definition) is 2. The minimum absolute atomic E-state index is 0.205. The Morgan fingerprint density at radius 1 is 1.12 bits per heavy atom. The largest absolute Gasteiger partial charge is 0.494 e. The minimum Gasteiger partial charge on any atom is -0.494 e. The standard InChI is InChI=1S/C18H21N3O3/c1-4-24-15-8-9-16(12(2)10-15)21-18(23)17(22)19-11-14-7-5-6-13(3)20-14/h5-10H,4,11H2,1-3H3,(H,19,22)(H,21,23). The van der Waals surface area contributed by atoms with Crippen molar-refractivity contribution in [2.45, 2.75) is 27.3 Å². The van der Waals surface area contributed by atoms with Crippen molar-refractivity contribution in [2.75, 3.05) is 11.9 Å². The normalized spacial score (nSPS) is 10.1. The molecule has 2 aromatic rings. The van der Waals surface area contributed by atoms with E-state index in [2.05, 4.69) is 15.6 Å². The second-order valence-electron chi connectivity index (χ2n) is 5.32. The van der Waals surface area contributed by atoms with Gasteiger partial charge < -0.3 is 15.4 Å². The molecular weight excluding hydrogens is 306 g/mol. The molecule has 24 heavy (non-hydrogen) atoms. The molecule has 0 saturated carbocycles. The van der Waals surface area contributed by atoms with Crippen LogP contribution in [-0.2, 0) is 16.1 Å². The zero-order valence-corrected chi connectivity index (χ0v) is 14.1. The molecule has 6 nitrogen and oxygen atoms in total. The van der Waals surface area contributed by atoms with Crippen LogP contribution in [0.5, 0.6) is 5.75 Å². The molecule has 0 radical (unpaired) electrons. The number of nitrogens with zero attached hydrogens (tertiary/aromatic N) is 1. The second kappa shape index (κ2) is 8.10. The van der Waals surface area contributed by atoms with Crippen LogP contribution in [0.3, 0.4) is 0 Å². The van der Waals surface area contributed by atoms with Crippen LogP contribution in [-0.4, -0.2) is 23.4 Å². The van der Waals surface area contributed by atoms with Gasteiger partial charge in [-0.2, -0.15) is 0 Å². The summed E-state index contributed by atoms with van der Waals surface area (Å²) >= 11 is 0. The van der Waals surface area contributed by atoms with Crippen molar-refractivity contribution in [1.82, 2.24) is 10.3 Å². The molecule has 0 aliphatic carbocycles. The van der Waals surface area contributed by atoms with Gasteiger partial charge in [0.15, 0.2) is 0 Å². The van der Waals surface area contributed by atoms with Gasteiger partial charge in [0.2, 0.25) is 0 Å². The van der Waals surface area contributed by atoms with Gasteiger partial charge >= 0.3 is 11.8 Å². The highest BCUT2D eigenvalue weighted by atomic mass is 16.5. The molecule has 0 saturated heterocycles. The molecule has 2 amide bonds. The number of carbonyl (C=O) groups excluding carboxylic acids is 2. The number of benzene rings is 1. The van der Waals surface area contributed by atoms with Crippen LogP contribution < -0.4 is 15.4 Å².